The molecule has 0 saturated heterocycles. The third kappa shape index (κ3) is 5.72. The largest absolute Gasteiger partial charge is 0.508 e. The number of phenols is 1. The van der Waals surface area contributed by atoms with Crippen LogP contribution in [0.25, 0.3) is 0 Å². The summed E-state index contributed by atoms with van der Waals surface area (Å²) >= 11 is 0. The lowest BCUT2D eigenvalue weighted by Gasteiger charge is -2.19. The number of guanidine groups is 1. The zero-order chi connectivity index (χ0) is 18.4. The molecule has 26 heavy (non-hydrogen) atoms. The fraction of sp³-hybridized carbons (Fsp3) is 0.278. The molecule has 0 fully saturated rings. The highest BCUT2D eigenvalue weighted by Crippen LogP contribution is 2.22. The number of halogens is 3. The quantitative estimate of drug-likeness (QED) is 0.349. The molecule has 0 aliphatic carbocycles. The molecule has 0 aliphatic heterocycles. The first-order valence-corrected chi connectivity index (χ1v) is 7.72. The lowest BCUT2D eigenvalue weighted by atomic mass is 10.1. The first-order chi connectivity index (χ1) is 11.9. The Morgan fingerprint density at radius 1 is 1.19 bits per heavy atom. The van der Waals surface area contributed by atoms with Gasteiger partial charge in [0.05, 0.1) is 13.2 Å². The molecule has 1 atom stereocenters. The number of aromatic hydroxyl groups is 1. The van der Waals surface area contributed by atoms with Crippen LogP contribution in [0.4, 0.5) is 8.78 Å². The van der Waals surface area contributed by atoms with Crippen LogP contribution in [0.2, 0.25) is 0 Å². The van der Waals surface area contributed by atoms with Crippen LogP contribution >= 0.6 is 24.0 Å². The van der Waals surface area contributed by atoms with Gasteiger partial charge in [-0.25, -0.2) is 8.78 Å². The van der Waals surface area contributed by atoms with Crippen LogP contribution in [-0.4, -0.2) is 25.2 Å². The van der Waals surface area contributed by atoms with Crippen LogP contribution < -0.4 is 15.4 Å². The predicted octanol–water partition coefficient (Wildman–Crippen LogP) is 3.72. The molecule has 0 saturated carbocycles. The molecular weight excluding hydrogens is 455 g/mol. The van der Waals surface area contributed by atoms with Crippen LogP contribution in [0.15, 0.2) is 41.4 Å². The molecule has 5 nitrogen and oxygen atoms in total. The van der Waals surface area contributed by atoms with Crippen LogP contribution in [0.3, 0.4) is 0 Å². The number of rotatable bonds is 5. The predicted molar refractivity (Wildman–Crippen MR) is 108 cm³/mol. The Hall–Kier alpha value is -2.10. The van der Waals surface area contributed by atoms with Gasteiger partial charge < -0.3 is 20.5 Å². The number of nitrogens with one attached hydrogen (secondary N) is 2. The summed E-state index contributed by atoms with van der Waals surface area (Å²) in [5.41, 5.74) is 1.23. The number of methoxy groups -OCH3 is 1. The van der Waals surface area contributed by atoms with E-state index in [9.17, 15) is 13.9 Å². The topological polar surface area (TPSA) is 65.9 Å². The van der Waals surface area contributed by atoms with Crippen LogP contribution in [0.5, 0.6) is 11.5 Å². The summed E-state index contributed by atoms with van der Waals surface area (Å²) in [5, 5.41) is 16.0. The summed E-state index contributed by atoms with van der Waals surface area (Å²) in [5.74, 6) is -0.549. The van der Waals surface area contributed by atoms with Crippen molar-refractivity contribution in [2.45, 2.75) is 19.5 Å². The van der Waals surface area contributed by atoms with E-state index in [4.69, 9.17) is 4.74 Å². The summed E-state index contributed by atoms with van der Waals surface area (Å²) in [7, 11) is 3.15. The first-order valence-electron chi connectivity index (χ1n) is 7.72. The Balaban J connectivity index is 0.00000338. The van der Waals surface area contributed by atoms with E-state index in [0.717, 1.165) is 12.1 Å². The van der Waals surface area contributed by atoms with Crippen molar-refractivity contribution in [1.29, 1.82) is 0 Å². The molecule has 0 aromatic heterocycles. The Morgan fingerprint density at radius 2 is 1.92 bits per heavy atom. The highest BCUT2D eigenvalue weighted by molar-refractivity contribution is 14.0. The van der Waals surface area contributed by atoms with Gasteiger partial charge in [0, 0.05) is 19.2 Å². The van der Waals surface area contributed by atoms with Crippen LogP contribution in [0.1, 0.15) is 24.1 Å². The molecule has 0 radical (unpaired) electrons. The second kappa shape index (κ2) is 10.1. The molecule has 1 unspecified atom stereocenters. The van der Waals surface area contributed by atoms with Crippen LogP contribution in [-0.2, 0) is 6.54 Å². The van der Waals surface area contributed by atoms with Crippen molar-refractivity contribution in [3.05, 3.63) is 59.2 Å². The highest BCUT2D eigenvalue weighted by atomic mass is 127. The van der Waals surface area contributed by atoms with Gasteiger partial charge in [0.25, 0.3) is 0 Å². The lowest BCUT2D eigenvalue weighted by molar-refractivity contribution is 0.410. The van der Waals surface area contributed by atoms with E-state index in [1.165, 1.54) is 6.07 Å². The van der Waals surface area contributed by atoms with Gasteiger partial charge in [-0.3, -0.25) is 4.99 Å². The fourth-order valence-electron chi connectivity index (χ4n) is 2.27. The van der Waals surface area contributed by atoms with E-state index in [0.29, 0.717) is 29.4 Å². The normalized spacial score (nSPS) is 12.1. The number of hydrogen-bond acceptors (Lipinski definition) is 3. The third-order valence-corrected chi connectivity index (χ3v) is 3.75. The van der Waals surface area contributed by atoms with Gasteiger partial charge in [-0.1, -0.05) is 6.07 Å². The Kier molecular flexibility index (Phi) is 8.56. The van der Waals surface area contributed by atoms with Crippen molar-refractivity contribution in [3.63, 3.8) is 0 Å². The van der Waals surface area contributed by atoms with Gasteiger partial charge in [0.1, 0.15) is 11.5 Å². The molecule has 0 bridgehead atoms. The molecular formula is C18H22F2IN3O2. The maximum absolute atomic E-state index is 13.4. The van der Waals surface area contributed by atoms with E-state index >= 15 is 0 Å². The molecule has 0 aliphatic rings. The zero-order valence-electron chi connectivity index (χ0n) is 14.7. The van der Waals surface area contributed by atoms with Gasteiger partial charge in [-0.05, 0) is 42.8 Å². The molecule has 8 heteroatoms. The highest BCUT2D eigenvalue weighted by Gasteiger charge is 2.11. The monoisotopic (exact) mass is 477 g/mol. The Bertz CT molecular complexity index is 772. The first kappa shape index (κ1) is 21.9. The number of nitrogens with zero attached hydrogens (tertiary/aromatic N) is 1. The SMILES string of the molecule is CN=C(NCc1cc(OC)ccc1O)NC(C)c1ccc(F)c(F)c1.I. The molecule has 3 N–H and O–H groups in total. The zero-order valence-corrected chi connectivity index (χ0v) is 17.0. The summed E-state index contributed by atoms with van der Waals surface area (Å²) < 4.78 is 31.5. The average Bonchev–Trinajstić information content (AvgIpc) is 2.61. The number of benzene rings is 2. The minimum atomic E-state index is -0.893. The molecule has 2 aromatic rings. The number of aliphatic imine (C=N–C) groups is 1. The van der Waals surface area contributed by atoms with Crippen molar-refractivity contribution < 1.29 is 18.6 Å². The molecule has 0 heterocycles. The number of hydrogen-bond donors (Lipinski definition) is 3. The van der Waals surface area contributed by atoms with E-state index in [2.05, 4.69) is 15.6 Å². The van der Waals surface area contributed by atoms with Gasteiger partial charge in [0.2, 0.25) is 0 Å². The van der Waals surface area contributed by atoms with E-state index in [1.807, 2.05) is 6.92 Å². The second-order valence-corrected chi connectivity index (χ2v) is 5.46. The van der Waals surface area contributed by atoms with E-state index in [1.54, 1.807) is 32.4 Å². The summed E-state index contributed by atoms with van der Waals surface area (Å²) in [6.07, 6.45) is 0. The number of ether oxygens (including phenoxy) is 1. The summed E-state index contributed by atoms with van der Waals surface area (Å²) in [4.78, 5) is 4.09. The van der Waals surface area contributed by atoms with Crippen molar-refractivity contribution in [1.82, 2.24) is 10.6 Å². The van der Waals surface area contributed by atoms with Gasteiger partial charge in [-0.15, -0.1) is 24.0 Å². The number of phenolic OH excluding ortho intramolecular Hbond substituents is 1. The standard InChI is InChI=1S/C18H21F2N3O2.HI/c1-11(12-4-6-15(19)16(20)9-12)23-18(21-2)22-10-13-8-14(25-3)5-7-17(13)24;/h4-9,11,24H,10H2,1-3H3,(H2,21,22,23);1H. The summed E-state index contributed by atoms with van der Waals surface area (Å²) in [6, 6.07) is 8.39. The van der Waals surface area contributed by atoms with Crippen molar-refractivity contribution in [2.75, 3.05) is 14.2 Å². The maximum atomic E-state index is 13.4. The van der Waals surface area contributed by atoms with Crippen molar-refractivity contribution >= 4 is 29.9 Å². The molecule has 0 amide bonds. The van der Waals surface area contributed by atoms with Gasteiger partial charge in [-0.2, -0.15) is 0 Å². The smallest absolute Gasteiger partial charge is 0.191 e. The molecule has 2 aromatic carbocycles. The van der Waals surface area contributed by atoms with Crippen molar-refractivity contribution in [2.24, 2.45) is 4.99 Å². The minimum Gasteiger partial charge on any atom is -0.508 e. The Labute approximate surface area is 168 Å². The maximum Gasteiger partial charge on any atom is 0.191 e. The fourth-order valence-corrected chi connectivity index (χ4v) is 2.27. The minimum absolute atomic E-state index is 0. The van der Waals surface area contributed by atoms with E-state index in [-0.39, 0.29) is 35.8 Å². The van der Waals surface area contributed by atoms with Gasteiger partial charge in [0.15, 0.2) is 17.6 Å². The summed E-state index contributed by atoms with van der Waals surface area (Å²) in [6.45, 7) is 2.12. The van der Waals surface area contributed by atoms with Crippen molar-refractivity contribution in [3.8, 4) is 11.5 Å². The molecule has 0 spiro atoms. The lowest BCUT2D eigenvalue weighted by Crippen LogP contribution is -2.38. The second-order valence-electron chi connectivity index (χ2n) is 5.46. The molecule has 142 valence electrons. The third-order valence-electron chi connectivity index (χ3n) is 3.75. The Morgan fingerprint density at radius 3 is 2.54 bits per heavy atom. The van der Waals surface area contributed by atoms with Crippen LogP contribution in [0, 0.1) is 11.6 Å². The molecule has 2 rings (SSSR count). The van der Waals surface area contributed by atoms with E-state index < -0.39 is 11.6 Å². The average molecular weight is 477 g/mol. The van der Waals surface area contributed by atoms with Gasteiger partial charge >= 0.3 is 0 Å².